The zero-order chi connectivity index (χ0) is 7.94. The molecule has 11 heavy (non-hydrogen) atoms. The molecule has 0 spiro atoms. The van der Waals surface area contributed by atoms with Crippen molar-refractivity contribution in [3.63, 3.8) is 0 Å². The molecule has 0 N–H and O–H groups in total. The van der Waals surface area contributed by atoms with Gasteiger partial charge in [-0.15, -0.1) is 0 Å². The van der Waals surface area contributed by atoms with Crippen molar-refractivity contribution < 1.29 is 4.74 Å². The molecule has 1 nitrogen and oxygen atoms in total. The van der Waals surface area contributed by atoms with Crippen LogP contribution in [0.5, 0.6) is 0 Å². The van der Waals surface area contributed by atoms with Gasteiger partial charge < -0.3 is 4.74 Å². The highest BCUT2D eigenvalue weighted by Gasteiger charge is 2.02. The second-order valence-electron chi connectivity index (χ2n) is 3.06. The average Bonchev–Trinajstić information content (AvgIpc) is 2.07. The molecular weight excluding hydrogens is 136 g/mol. The quantitative estimate of drug-likeness (QED) is 0.447. The summed E-state index contributed by atoms with van der Waals surface area (Å²) in [6.07, 6.45) is 8.93. The lowest BCUT2D eigenvalue weighted by Crippen LogP contribution is -1.98. The van der Waals surface area contributed by atoms with Crippen molar-refractivity contribution in [2.24, 2.45) is 0 Å². The van der Waals surface area contributed by atoms with E-state index in [-0.39, 0.29) is 0 Å². The van der Waals surface area contributed by atoms with E-state index in [2.05, 4.69) is 13.0 Å². The molecule has 0 bridgehead atoms. The Bertz CT molecular complexity index is 127. The molecule has 64 valence electrons. The summed E-state index contributed by atoms with van der Waals surface area (Å²) < 4.78 is 5.30. The van der Waals surface area contributed by atoms with Crippen molar-refractivity contribution in [1.29, 1.82) is 0 Å². The Balaban J connectivity index is 2.09. The maximum atomic E-state index is 5.30. The van der Waals surface area contributed by atoms with Gasteiger partial charge in [0.05, 0.1) is 6.61 Å². The van der Waals surface area contributed by atoms with Crippen molar-refractivity contribution in [3.05, 3.63) is 11.6 Å². The molecule has 0 aromatic carbocycles. The summed E-state index contributed by atoms with van der Waals surface area (Å²) >= 11 is 0. The summed E-state index contributed by atoms with van der Waals surface area (Å²) in [5.41, 5.74) is 1.62. The van der Waals surface area contributed by atoms with Gasteiger partial charge in [-0.1, -0.05) is 11.6 Å². The van der Waals surface area contributed by atoms with Crippen molar-refractivity contribution in [2.45, 2.75) is 39.0 Å². The Hall–Kier alpha value is -0.300. The number of rotatable bonds is 4. The van der Waals surface area contributed by atoms with E-state index in [4.69, 9.17) is 4.74 Å². The summed E-state index contributed by atoms with van der Waals surface area (Å²) in [5, 5.41) is 0. The van der Waals surface area contributed by atoms with Gasteiger partial charge in [-0.05, 0) is 39.0 Å². The van der Waals surface area contributed by atoms with Crippen LogP contribution in [-0.2, 0) is 4.74 Å². The van der Waals surface area contributed by atoms with Crippen molar-refractivity contribution >= 4 is 0 Å². The maximum Gasteiger partial charge on any atom is 0.0503 e. The standard InChI is InChI=1S/C10H18O/c1-2-11-9-8-10-6-4-3-5-7-10/h6H,2-5,7-9H2,1H3. The summed E-state index contributed by atoms with van der Waals surface area (Å²) in [6.45, 7) is 3.82. The van der Waals surface area contributed by atoms with Crippen LogP contribution in [0.25, 0.3) is 0 Å². The summed E-state index contributed by atoms with van der Waals surface area (Å²) in [6, 6.07) is 0. The van der Waals surface area contributed by atoms with Gasteiger partial charge in [0.15, 0.2) is 0 Å². The Labute approximate surface area is 69.4 Å². The van der Waals surface area contributed by atoms with Crippen LogP contribution in [0.15, 0.2) is 11.6 Å². The SMILES string of the molecule is CCOCCC1=CCCCC1. The molecule has 0 aromatic rings. The Morgan fingerprint density at radius 3 is 3.00 bits per heavy atom. The van der Waals surface area contributed by atoms with Gasteiger partial charge in [0.1, 0.15) is 0 Å². The van der Waals surface area contributed by atoms with Gasteiger partial charge in [0.25, 0.3) is 0 Å². The van der Waals surface area contributed by atoms with Crippen LogP contribution in [0.2, 0.25) is 0 Å². The molecule has 1 aliphatic rings. The third kappa shape index (κ3) is 3.57. The lowest BCUT2D eigenvalue weighted by atomic mass is 9.98. The fourth-order valence-electron chi connectivity index (χ4n) is 1.48. The van der Waals surface area contributed by atoms with Crippen molar-refractivity contribution in [2.75, 3.05) is 13.2 Å². The normalized spacial score (nSPS) is 18.1. The smallest absolute Gasteiger partial charge is 0.0503 e. The third-order valence-corrected chi connectivity index (χ3v) is 2.16. The van der Waals surface area contributed by atoms with Crippen LogP contribution in [0.4, 0.5) is 0 Å². The summed E-state index contributed by atoms with van der Waals surface area (Å²) in [4.78, 5) is 0. The molecule has 0 atom stereocenters. The molecule has 1 heteroatoms. The number of hydrogen-bond acceptors (Lipinski definition) is 1. The van der Waals surface area contributed by atoms with Gasteiger partial charge in [-0.25, -0.2) is 0 Å². The highest BCUT2D eigenvalue weighted by molar-refractivity contribution is 5.04. The fraction of sp³-hybridized carbons (Fsp3) is 0.800. The van der Waals surface area contributed by atoms with E-state index >= 15 is 0 Å². The highest BCUT2D eigenvalue weighted by Crippen LogP contribution is 2.19. The summed E-state index contributed by atoms with van der Waals surface area (Å²) in [7, 11) is 0. The monoisotopic (exact) mass is 154 g/mol. The first-order valence-corrected chi connectivity index (χ1v) is 4.69. The van der Waals surface area contributed by atoms with E-state index < -0.39 is 0 Å². The Kier molecular flexibility index (Phi) is 4.29. The van der Waals surface area contributed by atoms with Crippen LogP contribution >= 0.6 is 0 Å². The molecule has 0 saturated carbocycles. The van der Waals surface area contributed by atoms with Gasteiger partial charge in [0, 0.05) is 6.61 Å². The first-order valence-electron chi connectivity index (χ1n) is 4.69. The van der Waals surface area contributed by atoms with E-state index in [0.29, 0.717) is 0 Å². The van der Waals surface area contributed by atoms with E-state index in [0.717, 1.165) is 19.6 Å². The van der Waals surface area contributed by atoms with Crippen LogP contribution in [0.3, 0.4) is 0 Å². The molecule has 0 aromatic heterocycles. The van der Waals surface area contributed by atoms with Crippen LogP contribution in [0.1, 0.15) is 39.0 Å². The van der Waals surface area contributed by atoms with E-state index in [9.17, 15) is 0 Å². The second-order valence-corrected chi connectivity index (χ2v) is 3.06. The number of hydrogen-bond donors (Lipinski definition) is 0. The second kappa shape index (κ2) is 5.36. The molecule has 1 aliphatic carbocycles. The first kappa shape index (κ1) is 8.79. The highest BCUT2D eigenvalue weighted by atomic mass is 16.5. The zero-order valence-electron chi connectivity index (χ0n) is 7.44. The molecule has 1 rings (SSSR count). The summed E-state index contributed by atoms with van der Waals surface area (Å²) in [5.74, 6) is 0. The third-order valence-electron chi connectivity index (χ3n) is 2.16. The van der Waals surface area contributed by atoms with Crippen LogP contribution in [-0.4, -0.2) is 13.2 Å². The molecule has 0 radical (unpaired) electrons. The molecule has 0 aliphatic heterocycles. The maximum absolute atomic E-state index is 5.30. The molecular formula is C10H18O. The minimum atomic E-state index is 0.854. The zero-order valence-corrected chi connectivity index (χ0v) is 7.44. The average molecular weight is 154 g/mol. The minimum Gasteiger partial charge on any atom is -0.381 e. The molecule has 0 heterocycles. The first-order chi connectivity index (χ1) is 5.43. The van der Waals surface area contributed by atoms with Gasteiger partial charge in [-0.3, -0.25) is 0 Å². The predicted molar refractivity (Wildman–Crippen MR) is 47.7 cm³/mol. The Morgan fingerprint density at radius 1 is 1.45 bits per heavy atom. The van der Waals surface area contributed by atoms with Crippen molar-refractivity contribution in [3.8, 4) is 0 Å². The van der Waals surface area contributed by atoms with E-state index in [1.54, 1.807) is 5.57 Å². The van der Waals surface area contributed by atoms with Gasteiger partial charge in [0.2, 0.25) is 0 Å². The molecule has 0 amide bonds. The molecule has 0 unspecified atom stereocenters. The number of ether oxygens (including phenoxy) is 1. The van der Waals surface area contributed by atoms with Crippen LogP contribution in [0, 0.1) is 0 Å². The lowest BCUT2D eigenvalue weighted by molar-refractivity contribution is 0.150. The van der Waals surface area contributed by atoms with E-state index in [1.165, 1.54) is 25.7 Å². The van der Waals surface area contributed by atoms with Gasteiger partial charge >= 0.3 is 0 Å². The van der Waals surface area contributed by atoms with Gasteiger partial charge in [-0.2, -0.15) is 0 Å². The van der Waals surface area contributed by atoms with E-state index in [1.807, 2.05) is 0 Å². The lowest BCUT2D eigenvalue weighted by Gasteiger charge is -2.11. The van der Waals surface area contributed by atoms with Crippen molar-refractivity contribution in [1.82, 2.24) is 0 Å². The molecule has 0 fully saturated rings. The molecule has 0 saturated heterocycles. The topological polar surface area (TPSA) is 9.23 Å². The van der Waals surface area contributed by atoms with Crippen LogP contribution < -0.4 is 0 Å². The fourth-order valence-corrected chi connectivity index (χ4v) is 1.48. The Morgan fingerprint density at radius 2 is 2.36 bits per heavy atom. The number of allylic oxidation sites excluding steroid dienone is 1. The predicted octanol–water partition coefficient (Wildman–Crippen LogP) is 2.91. The largest absolute Gasteiger partial charge is 0.381 e. The minimum absolute atomic E-state index is 0.854.